The molecule has 1 aliphatic carbocycles. The molecular formula is C14H16ClFO2. The molecule has 18 heavy (non-hydrogen) atoms. The third-order valence-corrected chi connectivity index (χ3v) is 3.92. The minimum atomic E-state index is -1.21. The second-order valence-corrected chi connectivity index (χ2v) is 5.34. The molecule has 4 heteroatoms. The van der Waals surface area contributed by atoms with Gasteiger partial charge < -0.3 is 5.11 Å². The fourth-order valence-electron chi connectivity index (χ4n) is 2.42. The monoisotopic (exact) mass is 270 g/mol. The fraction of sp³-hybridized carbons (Fsp3) is 0.500. The Bertz CT molecular complexity index is 453. The molecule has 0 aromatic heterocycles. The molecule has 1 aromatic rings. The van der Waals surface area contributed by atoms with Gasteiger partial charge >= 0.3 is 0 Å². The van der Waals surface area contributed by atoms with E-state index in [1.54, 1.807) is 0 Å². The first-order valence-corrected chi connectivity index (χ1v) is 6.59. The molecule has 2 nitrogen and oxygen atoms in total. The molecule has 2 rings (SSSR count). The van der Waals surface area contributed by atoms with Crippen LogP contribution in [0.2, 0.25) is 5.02 Å². The predicted molar refractivity (Wildman–Crippen MR) is 68.2 cm³/mol. The highest BCUT2D eigenvalue weighted by Gasteiger charge is 2.36. The molecule has 0 heterocycles. The lowest BCUT2D eigenvalue weighted by Gasteiger charge is -2.30. The zero-order valence-corrected chi connectivity index (χ0v) is 10.8. The summed E-state index contributed by atoms with van der Waals surface area (Å²) in [5, 5.41) is 10.5. The number of carbonyl (C=O) groups excluding carboxylic acids is 1. The van der Waals surface area contributed by atoms with Crippen LogP contribution >= 0.6 is 11.6 Å². The number of hydrogen-bond donors (Lipinski definition) is 1. The molecule has 0 spiro atoms. The summed E-state index contributed by atoms with van der Waals surface area (Å²) in [5.74, 6) is -0.636. The summed E-state index contributed by atoms with van der Waals surface area (Å²) >= 11 is 5.88. The Morgan fingerprint density at radius 3 is 2.61 bits per heavy atom. The number of ketones is 1. The van der Waals surface area contributed by atoms with Crippen molar-refractivity contribution in [1.29, 1.82) is 0 Å². The summed E-state index contributed by atoms with van der Waals surface area (Å²) < 4.78 is 12.9. The van der Waals surface area contributed by atoms with E-state index >= 15 is 0 Å². The number of hydrogen-bond acceptors (Lipinski definition) is 2. The lowest BCUT2D eigenvalue weighted by atomic mass is 9.80. The van der Waals surface area contributed by atoms with Crippen molar-refractivity contribution < 1.29 is 14.3 Å². The third kappa shape index (κ3) is 2.90. The summed E-state index contributed by atoms with van der Waals surface area (Å²) in [5.41, 5.74) is -0.641. The highest BCUT2D eigenvalue weighted by atomic mass is 35.5. The molecule has 98 valence electrons. The Balaban J connectivity index is 2.11. The van der Waals surface area contributed by atoms with E-state index in [2.05, 4.69) is 0 Å². The van der Waals surface area contributed by atoms with E-state index in [1.807, 2.05) is 0 Å². The topological polar surface area (TPSA) is 37.3 Å². The van der Waals surface area contributed by atoms with Crippen LogP contribution in [0.3, 0.4) is 0 Å². The molecule has 0 radical (unpaired) electrons. The molecule has 1 N–H and O–H groups in total. The van der Waals surface area contributed by atoms with Gasteiger partial charge in [0.15, 0.2) is 5.78 Å². The maximum absolute atomic E-state index is 12.9. The van der Waals surface area contributed by atoms with Crippen LogP contribution in [-0.4, -0.2) is 16.5 Å². The molecule has 0 saturated heterocycles. The van der Waals surface area contributed by atoms with Crippen molar-refractivity contribution in [1.82, 2.24) is 0 Å². The molecule has 1 aliphatic rings. The first kappa shape index (κ1) is 13.5. The molecule has 0 bridgehead atoms. The summed E-state index contributed by atoms with van der Waals surface area (Å²) in [6, 6.07) is 3.97. The number of benzene rings is 1. The summed E-state index contributed by atoms with van der Waals surface area (Å²) in [7, 11) is 0. The fourth-order valence-corrected chi connectivity index (χ4v) is 2.65. The van der Waals surface area contributed by atoms with E-state index in [4.69, 9.17) is 11.6 Å². The standard InChI is InChI=1S/C14H16ClFO2/c15-12-9-11(16)5-4-10(12)8-13(17)14(18)6-2-1-3-7-14/h4-5,9,18H,1-3,6-8H2. The Labute approximate surface area is 111 Å². The predicted octanol–water partition coefficient (Wildman–Crippen LogP) is 3.29. The Morgan fingerprint density at radius 1 is 1.33 bits per heavy atom. The lowest BCUT2D eigenvalue weighted by Crippen LogP contribution is -2.41. The van der Waals surface area contributed by atoms with E-state index in [0.29, 0.717) is 18.4 Å². The summed E-state index contributed by atoms with van der Waals surface area (Å²) in [6.45, 7) is 0. The van der Waals surface area contributed by atoms with Crippen LogP contribution in [0.25, 0.3) is 0 Å². The van der Waals surface area contributed by atoms with Crippen molar-refractivity contribution >= 4 is 17.4 Å². The average Bonchev–Trinajstić information content (AvgIpc) is 2.33. The van der Waals surface area contributed by atoms with Gasteiger partial charge in [-0.15, -0.1) is 0 Å². The van der Waals surface area contributed by atoms with Crippen molar-refractivity contribution in [3.05, 3.63) is 34.6 Å². The first-order valence-electron chi connectivity index (χ1n) is 6.21. The average molecular weight is 271 g/mol. The summed E-state index contributed by atoms with van der Waals surface area (Å²) in [6.07, 6.45) is 3.91. The van der Waals surface area contributed by atoms with Crippen molar-refractivity contribution in [2.45, 2.75) is 44.1 Å². The van der Waals surface area contributed by atoms with Gasteiger partial charge in [-0.25, -0.2) is 4.39 Å². The molecule has 0 unspecified atom stereocenters. The van der Waals surface area contributed by atoms with Crippen molar-refractivity contribution in [2.75, 3.05) is 0 Å². The number of rotatable bonds is 3. The second kappa shape index (κ2) is 5.37. The molecule has 0 aliphatic heterocycles. The smallest absolute Gasteiger partial charge is 0.168 e. The van der Waals surface area contributed by atoms with Crippen molar-refractivity contribution in [2.24, 2.45) is 0 Å². The Hall–Kier alpha value is -0.930. The van der Waals surface area contributed by atoms with Gasteiger partial charge in [0.05, 0.1) is 0 Å². The van der Waals surface area contributed by atoms with Crippen molar-refractivity contribution in [3.8, 4) is 0 Å². The van der Waals surface area contributed by atoms with Crippen LogP contribution in [0, 0.1) is 5.82 Å². The van der Waals surface area contributed by atoms with Gasteiger partial charge in [-0.3, -0.25) is 4.79 Å². The molecule has 1 aromatic carbocycles. The van der Waals surface area contributed by atoms with Crippen LogP contribution in [0.4, 0.5) is 4.39 Å². The van der Waals surface area contributed by atoms with E-state index in [-0.39, 0.29) is 17.2 Å². The van der Waals surface area contributed by atoms with Gasteiger partial charge in [-0.2, -0.15) is 0 Å². The highest BCUT2D eigenvalue weighted by molar-refractivity contribution is 6.31. The SMILES string of the molecule is O=C(Cc1ccc(F)cc1Cl)C1(O)CCCCC1. The maximum Gasteiger partial charge on any atom is 0.168 e. The lowest BCUT2D eigenvalue weighted by molar-refractivity contribution is -0.139. The minimum Gasteiger partial charge on any atom is -0.382 e. The van der Waals surface area contributed by atoms with Crippen LogP contribution < -0.4 is 0 Å². The first-order chi connectivity index (χ1) is 8.51. The number of aliphatic hydroxyl groups is 1. The molecule has 1 fully saturated rings. The number of carbonyl (C=O) groups is 1. The highest BCUT2D eigenvalue weighted by Crippen LogP contribution is 2.30. The number of Topliss-reactive ketones (excluding diaryl/α,β-unsaturated/α-hetero) is 1. The second-order valence-electron chi connectivity index (χ2n) is 4.93. The van der Waals surface area contributed by atoms with Gasteiger partial charge in [0.25, 0.3) is 0 Å². The van der Waals surface area contributed by atoms with Crippen LogP contribution in [-0.2, 0) is 11.2 Å². The van der Waals surface area contributed by atoms with Crippen LogP contribution in [0.15, 0.2) is 18.2 Å². The van der Waals surface area contributed by atoms with E-state index in [0.717, 1.165) is 19.3 Å². The van der Waals surface area contributed by atoms with Crippen LogP contribution in [0.1, 0.15) is 37.7 Å². The van der Waals surface area contributed by atoms with Gasteiger partial charge in [0, 0.05) is 11.4 Å². The van der Waals surface area contributed by atoms with Crippen LogP contribution in [0.5, 0.6) is 0 Å². The van der Waals surface area contributed by atoms with Gasteiger partial charge in [0.1, 0.15) is 11.4 Å². The third-order valence-electron chi connectivity index (χ3n) is 3.57. The summed E-state index contributed by atoms with van der Waals surface area (Å²) in [4.78, 5) is 12.1. The zero-order valence-electron chi connectivity index (χ0n) is 10.1. The zero-order chi connectivity index (χ0) is 13.2. The number of halogens is 2. The van der Waals surface area contributed by atoms with E-state index in [1.165, 1.54) is 18.2 Å². The van der Waals surface area contributed by atoms with E-state index < -0.39 is 11.4 Å². The maximum atomic E-state index is 12.9. The largest absolute Gasteiger partial charge is 0.382 e. The normalized spacial score (nSPS) is 18.6. The molecular weight excluding hydrogens is 255 g/mol. The van der Waals surface area contributed by atoms with Gasteiger partial charge in [0.2, 0.25) is 0 Å². The molecule has 1 saturated carbocycles. The van der Waals surface area contributed by atoms with E-state index in [9.17, 15) is 14.3 Å². The Kier molecular flexibility index (Phi) is 4.03. The quantitative estimate of drug-likeness (QED) is 0.915. The molecule has 0 amide bonds. The molecule has 0 atom stereocenters. The minimum absolute atomic E-state index is 0.0651. The van der Waals surface area contributed by atoms with Gasteiger partial charge in [-0.05, 0) is 30.5 Å². The van der Waals surface area contributed by atoms with Crippen molar-refractivity contribution in [3.63, 3.8) is 0 Å². The van der Waals surface area contributed by atoms with Gasteiger partial charge in [-0.1, -0.05) is 36.9 Å². The Morgan fingerprint density at radius 2 is 2.00 bits per heavy atom.